The quantitative estimate of drug-likeness (QED) is 0.697. The molecule has 0 spiro atoms. The molecule has 0 radical (unpaired) electrons. The maximum absolute atomic E-state index is 4.73. The van der Waals surface area contributed by atoms with Gasteiger partial charge in [-0.05, 0) is 54.2 Å². The van der Waals surface area contributed by atoms with Crippen LogP contribution < -0.4 is 4.90 Å². The van der Waals surface area contributed by atoms with Gasteiger partial charge in [-0.1, -0.05) is 29.7 Å². The largest absolute Gasteiger partial charge is 0.339 e. The van der Waals surface area contributed by atoms with E-state index < -0.39 is 0 Å². The lowest BCUT2D eigenvalue weighted by Gasteiger charge is -2.33. The molecular formula is C20H25N7. The van der Waals surface area contributed by atoms with E-state index >= 15 is 0 Å². The third kappa shape index (κ3) is 3.22. The number of para-hydroxylation sites is 1. The lowest BCUT2D eigenvalue weighted by molar-refractivity contribution is 0.270. The van der Waals surface area contributed by atoms with Crippen molar-refractivity contribution in [2.24, 2.45) is 5.92 Å². The van der Waals surface area contributed by atoms with Gasteiger partial charge >= 0.3 is 0 Å². The molecule has 1 aromatic carbocycles. The highest BCUT2D eigenvalue weighted by molar-refractivity contribution is 5.41. The number of tetrazole rings is 1. The molecule has 3 aromatic rings. The van der Waals surface area contributed by atoms with E-state index in [2.05, 4.69) is 31.2 Å². The average molecular weight is 363 g/mol. The third-order valence-electron chi connectivity index (χ3n) is 5.95. The number of imidazole rings is 1. The molecule has 7 nitrogen and oxygen atoms in total. The van der Waals surface area contributed by atoms with Crippen molar-refractivity contribution in [1.29, 1.82) is 0 Å². The predicted molar refractivity (Wildman–Crippen MR) is 103 cm³/mol. The molecule has 3 heterocycles. The Morgan fingerprint density at radius 1 is 1.04 bits per heavy atom. The van der Waals surface area contributed by atoms with Gasteiger partial charge in [-0.25, -0.2) is 4.98 Å². The Balaban J connectivity index is 1.37. The molecule has 0 N–H and O–H groups in total. The number of benzene rings is 1. The number of hydrogen-bond donors (Lipinski definition) is 0. The minimum atomic E-state index is 0.426. The summed E-state index contributed by atoms with van der Waals surface area (Å²) in [6.45, 7) is 3.01. The normalized spacial score (nSPS) is 20.6. The van der Waals surface area contributed by atoms with E-state index in [4.69, 9.17) is 4.98 Å². The fourth-order valence-electron chi connectivity index (χ4n) is 4.27. The van der Waals surface area contributed by atoms with Crippen molar-refractivity contribution in [3.05, 3.63) is 48.5 Å². The van der Waals surface area contributed by atoms with E-state index in [1.165, 1.54) is 31.5 Å². The first kappa shape index (κ1) is 16.5. The molecular weight excluding hydrogens is 338 g/mol. The Labute approximate surface area is 159 Å². The Morgan fingerprint density at radius 2 is 1.93 bits per heavy atom. The summed E-state index contributed by atoms with van der Waals surface area (Å²) in [5.74, 6) is 3.31. The number of rotatable bonds is 5. The summed E-state index contributed by atoms with van der Waals surface area (Å²) in [5.41, 5.74) is 0.992. The molecule has 0 bridgehead atoms. The molecule has 140 valence electrons. The van der Waals surface area contributed by atoms with Crippen LogP contribution in [0.5, 0.6) is 0 Å². The third-order valence-corrected chi connectivity index (χ3v) is 5.95. The van der Waals surface area contributed by atoms with E-state index in [1.807, 2.05) is 41.2 Å². The molecule has 27 heavy (non-hydrogen) atoms. The Kier molecular flexibility index (Phi) is 4.35. The van der Waals surface area contributed by atoms with Crippen LogP contribution in [0.2, 0.25) is 0 Å². The van der Waals surface area contributed by atoms with Crippen LogP contribution in [-0.2, 0) is 6.54 Å². The highest BCUT2D eigenvalue weighted by atomic mass is 15.6. The maximum atomic E-state index is 4.73. The molecule has 0 unspecified atom stereocenters. The maximum Gasteiger partial charge on any atom is 0.250 e. The molecule has 1 saturated carbocycles. The van der Waals surface area contributed by atoms with Crippen LogP contribution in [0.25, 0.3) is 5.69 Å². The summed E-state index contributed by atoms with van der Waals surface area (Å²) in [5, 5.41) is 12.5. The Hall–Kier alpha value is -2.70. The van der Waals surface area contributed by atoms with Crippen LogP contribution in [0, 0.1) is 5.92 Å². The van der Waals surface area contributed by atoms with Gasteiger partial charge in [-0.3, -0.25) is 0 Å². The SMILES string of the molecule is c1ccc(-n2nnnc2N2CCC[C@H](c3nccn3CC3CCC3)C2)cc1. The molecule has 1 saturated heterocycles. The van der Waals surface area contributed by atoms with Crippen LogP contribution in [0.4, 0.5) is 5.95 Å². The van der Waals surface area contributed by atoms with Gasteiger partial charge < -0.3 is 9.47 Å². The fourth-order valence-corrected chi connectivity index (χ4v) is 4.27. The second kappa shape index (κ2) is 7.13. The number of piperidine rings is 1. The molecule has 1 aliphatic heterocycles. The summed E-state index contributed by atoms with van der Waals surface area (Å²) in [4.78, 5) is 7.03. The second-order valence-corrected chi connectivity index (χ2v) is 7.75. The summed E-state index contributed by atoms with van der Waals surface area (Å²) in [6, 6.07) is 10.1. The molecule has 1 aliphatic carbocycles. The predicted octanol–water partition coefficient (Wildman–Crippen LogP) is 3.04. The van der Waals surface area contributed by atoms with Crippen molar-refractivity contribution in [3.8, 4) is 5.69 Å². The van der Waals surface area contributed by atoms with Gasteiger partial charge in [0.25, 0.3) is 0 Å². The van der Waals surface area contributed by atoms with Crippen molar-refractivity contribution >= 4 is 5.95 Å². The van der Waals surface area contributed by atoms with Gasteiger partial charge in [-0.15, -0.1) is 0 Å². The van der Waals surface area contributed by atoms with Gasteiger partial charge in [0.1, 0.15) is 5.82 Å². The highest BCUT2D eigenvalue weighted by Gasteiger charge is 2.29. The molecule has 2 aliphatic rings. The number of hydrogen-bond acceptors (Lipinski definition) is 5. The first-order chi connectivity index (χ1) is 13.4. The van der Waals surface area contributed by atoms with Crippen LogP contribution in [-0.4, -0.2) is 42.8 Å². The minimum absolute atomic E-state index is 0.426. The highest BCUT2D eigenvalue weighted by Crippen LogP contribution is 2.32. The van der Waals surface area contributed by atoms with Crippen LogP contribution in [0.15, 0.2) is 42.7 Å². The van der Waals surface area contributed by atoms with Crippen molar-refractivity contribution < 1.29 is 0 Å². The van der Waals surface area contributed by atoms with Gasteiger partial charge in [0.15, 0.2) is 0 Å². The lowest BCUT2D eigenvalue weighted by Crippen LogP contribution is -2.37. The van der Waals surface area contributed by atoms with E-state index in [0.29, 0.717) is 5.92 Å². The molecule has 0 amide bonds. The van der Waals surface area contributed by atoms with E-state index in [9.17, 15) is 0 Å². The summed E-state index contributed by atoms with van der Waals surface area (Å²) in [7, 11) is 0. The average Bonchev–Trinajstić information content (AvgIpc) is 3.35. The van der Waals surface area contributed by atoms with Gasteiger partial charge in [0.05, 0.1) is 5.69 Å². The smallest absolute Gasteiger partial charge is 0.250 e. The number of anilines is 1. The van der Waals surface area contributed by atoms with E-state index in [1.54, 1.807) is 0 Å². The van der Waals surface area contributed by atoms with Gasteiger partial charge in [0, 0.05) is 37.9 Å². The van der Waals surface area contributed by atoms with Crippen LogP contribution in [0.1, 0.15) is 43.8 Å². The molecule has 5 rings (SSSR count). The Morgan fingerprint density at radius 3 is 2.74 bits per heavy atom. The molecule has 2 aromatic heterocycles. The zero-order valence-corrected chi connectivity index (χ0v) is 15.5. The summed E-state index contributed by atoms with van der Waals surface area (Å²) in [6.07, 6.45) is 10.5. The number of aromatic nitrogens is 6. The second-order valence-electron chi connectivity index (χ2n) is 7.75. The topological polar surface area (TPSA) is 64.7 Å². The Bertz CT molecular complexity index is 881. The molecule has 2 fully saturated rings. The fraction of sp³-hybridized carbons (Fsp3) is 0.500. The summed E-state index contributed by atoms with van der Waals surface area (Å²) >= 11 is 0. The monoisotopic (exact) mass is 363 g/mol. The standard InChI is InChI=1S/C20H25N7/c1-2-9-18(10-3-1)27-20(22-23-24-27)26-12-5-8-17(15-26)19-21-11-13-25(19)14-16-6-4-7-16/h1-3,9-11,13,16-17H,4-8,12,14-15H2/t17-/m0/s1. The first-order valence-corrected chi connectivity index (χ1v) is 9.98. The van der Waals surface area contributed by atoms with Gasteiger partial charge in [-0.2, -0.15) is 4.68 Å². The van der Waals surface area contributed by atoms with Crippen LogP contribution in [0.3, 0.4) is 0 Å². The van der Waals surface area contributed by atoms with Crippen molar-refractivity contribution in [3.63, 3.8) is 0 Å². The van der Waals surface area contributed by atoms with E-state index in [0.717, 1.165) is 43.6 Å². The van der Waals surface area contributed by atoms with Gasteiger partial charge in [0.2, 0.25) is 5.95 Å². The van der Waals surface area contributed by atoms with Crippen LogP contribution >= 0.6 is 0 Å². The van der Waals surface area contributed by atoms with Crippen molar-refractivity contribution in [2.75, 3.05) is 18.0 Å². The molecule has 7 heteroatoms. The lowest BCUT2D eigenvalue weighted by atomic mass is 9.85. The van der Waals surface area contributed by atoms with Crippen molar-refractivity contribution in [1.82, 2.24) is 29.8 Å². The van der Waals surface area contributed by atoms with E-state index in [-0.39, 0.29) is 0 Å². The van der Waals surface area contributed by atoms with Crippen molar-refractivity contribution in [2.45, 2.75) is 44.6 Å². The summed E-state index contributed by atoms with van der Waals surface area (Å²) < 4.78 is 4.22. The minimum Gasteiger partial charge on any atom is -0.339 e. The zero-order chi connectivity index (χ0) is 18.1. The first-order valence-electron chi connectivity index (χ1n) is 9.98. The number of nitrogens with zero attached hydrogens (tertiary/aromatic N) is 7. The molecule has 1 atom stereocenters. The zero-order valence-electron chi connectivity index (χ0n) is 15.5.